The fraction of sp³-hybridized carbons (Fsp3) is 0.933. The van der Waals surface area contributed by atoms with E-state index in [0.29, 0.717) is 17.8 Å². The summed E-state index contributed by atoms with van der Waals surface area (Å²) in [5.41, 5.74) is -0.280. The molecule has 0 N–H and O–H groups in total. The summed E-state index contributed by atoms with van der Waals surface area (Å²) in [6, 6.07) is 0. The van der Waals surface area contributed by atoms with Crippen molar-refractivity contribution in [2.75, 3.05) is 0 Å². The molecule has 2 aliphatic heterocycles. The molecule has 3 heteroatoms. The molecule has 4 fully saturated rings. The molecule has 1 spiro atoms. The molecule has 4 aliphatic rings. The molecule has 3 nitrogen and oxygen atoms in total. The van der Waals surface area contributed by atoms with Gasteiger partial charge in [-0.15, -0.1) is 0 Å². The molecule has 2 saturated carbocycles. The number of fused-ring (bicyclic) bond motifs is 1. The topological polar surface area (TPSA) is 38.8 Å². The Morgan fingerprint density at radius 2 is 1.94 bits per heavy atom. The highest BCUT2D eigenvalue weighted by Gasteiger charge is 2.76. The van der Waals surface area contributed by atoms with Crippen molar-refractivity contribution in [2.24, 2.45) is 23.7 Å². The van der Waals surface area contributed by atoms with E-state index in [0.717, 1.165) is 19.3 Å². The Morgan fingerprint density at radius 1 is 1.17 bits per heavy atom. The molecule has 2 unspecified atom stereocenters. The van der Waals surface area contributed by atoms with Crippen LogP contribution in [0.1, 0.15) is 46.5 Å². The molecule has 0 amide bonds. The van der Waals surface area contributed by atoms with Gasteiger partial charge in [0.05, 0.1) is 11.5 Å². The van der Waals surface area contributed by atoms with Crippen molar-refractivity contribution >= 4 is 5.97 Å². The van der Waals surface area contributed by atoms with Crippen molar-refractivity contribution in [1.29, 1.82) is 0 Å². The van der Waals surface area contributed by atoms with Crippen molar-refractivity contribution in [3.63, 3.8) is 0 Å². The van der Waals surface area contributed by atoms with Crippen LogP contribution in [0.2, 0.25) is 0 Å². The van der Waals surface area contributed by atoms with Gasteiger partial charge in [-0.3, -0.25) is 4.79 Å². The predicted octanol–water partition coefficient (Wildman–Crippen LogP) is 2.53. The third kappa shape index (κ3) is 1.08. The number of hydrogen-bond donors (Lipinski definition) is 0. The molecular weight excluding hydrogens is 228 g/mol. The Bertz CT molecular complexity index is 420. The number of hydrogen-bond acceptors (Lipinski definition) is 3. The van der Waals surface area contributed by atoms with E-state index in [-0.39, 0.29) is 29.2 Å². The number of carbonyl (C=O) groups excluding carboxylic acids is 1. The maximum Gasteiger partial charge on any atom is 0.309 e. The molecule has 100 valence electrons. The number of carbonyl (C=O) groups is 1. The molecule has 2 heterocycles. The Hall–Kier alpha value is -0.570. The van der Waals surface area contributed by atoms with Gasteiger partial charge in [-0.25, -0.2) is 0 Å². The second-order valence-corrected chi connectivity index (χ2v) is 7.18. The second-order valence-electron chi connectivity index (χ2n) is 7.18. The van der Waals surface area contributed by atoms with Crippen LogP contribution in [0.5, 0.6) is 0 Å². The minimum Gasteiger partial charge on any atom is -0.455 e. The van der Waals surface area contributed by atoms with Crippen LogP contribution in [0.25, 0.3) is 0 Å². The summed E-state index contributed by atoms with van der Waals surface area (Å²) in [5, 5.41) is 0. The highest BCUT2D eigenvalue weighted by atomic mass is 16.7. The predicted molar refractivity (Wildman–Crippen MR) is 65.9 cm³/mol. The Morgan fingerprint density at radius 3 is 2.72 bits per heavy atom. The van der Waals surface area contributed by atoms with Gasteiger partial charge in [-0.2, -0.15) is 0 Å². The first-order valence-corrected chi connectivity index (χ1v) is 7.40. The molecule has 7 atom stereocenters. The van der Waals surface area contributed by atoms with Gasteiger partial charge in [-0.1, -0.05) is 13.8 Å². The molecule has 18 heavy (non-hydrogen) atoms. The van der Waals surface area contributed by atoms with Crippen molar-refractivity contribution in [3.05, 3.63) is 0 Å². The molecule has 0 aromatic carbocycles. The van der Waals surface area contributed by atoms with Gasteiger partial charge < -0.3 is 9.47 Å². The number of rotatable bonds is 0. The lowest BCUT2D eigenvalue weighted by atomic mass is 9.55. The number of esters is 1. The Labute approximate surface area is 108 Å². The van der Waals surface area contributed by atoms with Crippen LogP contribution in [0.3, 0.4) is 0 Å². The largest absolute Gasteiger partial charge is 0.455 e. The van der Waals surface area contributed by atoms with Crippen LogP contribution >= 0.6 is 0 Å². The highest BCUT2D eigenvalue weighted by molar-refractivity contribution is 5.76. The zero-order valence-corrected chi connectivity index (χ0v) is 11.4. The summed E-state index contributed by atoms with van der Waals surface area (Å²) in [6.07, 6.45) is 4.82. The first-order chi connectivity index (χ1) is 8.49. The van der Waals surface area contributed by atoms with E-state index in [2.05, 4.69) is 13.8 Å². The molecule has 2 aliphatic carbocycles. The fourth-order valence-electron chi connectivity index (χ4n) is 5.20. The Balaban J connectivity index is 1.81. The Kier molecular flexibility index (Phi) is 1.95. The molecule has 0 aromatic heterocycles. The smallest absolute Gasteiger partial charge is 0.309 e. The van der Waals surface area contributed by atoms with Gasteiger partial charge in [0.1, 0.15) is 11.7 Å². The first-order valence-electron chi connectivity index (χ1n) is 7.40. The summed E-state index contributed by atoms with van der Waals surface area (Å²) in [5.74, 6) is 1.64. The van der Waals surface area contributed by atoms with Crippen molar-refractivity contribution in [2.45, 2.75) is 63.8 Å². The van der Waals surface area contributed by atoms with E-state index in [9.17, 15) is 4.79 Å². The third-order valence-electron chi connectivity index (χ3n) is 6.28. The highest BCUT2D eigenvalue weighted by Crippen LogP contribution is 2.66. The minimum absolute atomic E-state index is 0.00382. The summed E-state index contributed by atoms with van der Waals surface area (Å²) in [6.45, 7) is 6.56. The van der Waals surface area contributed by atoms with Crippen LogP contribution in [-0.4, -0.2) is 23.3 Å². The van der Waals surface area contributed by atoms with E-state index in [1.165, 1.54) is 6.42 Å². The summed E-state index contributed by atoms with van der Waals surface area (Å²) < 4.78 is 12.0. The third-order valence-corrected chi connectivity index (χ3v) is 6.28. The van der Waals surface area contributed by atoms with E-state index in [1.807, 2.05) is 6.92 Å². The molecule has 4 rings (SSSR count). The molecule has 0 aromatic rings. The summed E-state index contributed by atoms with van der Waals surface area (Å²) in [7, 11) is 0. The number of epoxide rings is 1. The van der Waals surface area contributed by atoms with Crippen LogP contribution in [0, 0.1) is 23.7 Å². The molecule has 2 saturated heterocycles. The molecule has 0 bridgehead atoms. The van der Waals surface area contributed by atoms with E-state index in [4.69, 9.17) is 9.47 Å². The average Bonchev–Trinajstić information content (AvgIpc) is 2.95. The first kappa shape index (κ1) is 11.3. The van der Waals surface area contributed by atoms with Crippen LogP contribution in [0.15, 0.2) is 0 Å². The van der Waals surface area contributed by atoms with Gasteiger partial charge in [-0.05, 0) is 38.5 Å². The van der Waals surface area contributed by atoms with Crippen LogP contribution in [0.4, 0.5) is 0 Å². The molecular formula is C15H22O3. The van der Waals surface area contributed by atoms with Gasteiger partial charge in [0.2, 0.25) is 0 Å². The van der Waals surface area contributed by atoms with Gasteiger partial charge >= 0.3 is 5.97 Å². The maximum atomic E-state index is 12.1. The zero-order chi connectivity index (χ0) is 12.7. The van der Waals surface area contributed by atoms with Gasteiger partial charge in [0.15, 0.2) is 0 Å². The number of ether oxygens (including phenoxy) is 2. The lowest BCUT2D eigenvalue weighted by Gasteiger charge is -2.49. The van der Waals surface area contributed by atoms with Crippen molar-refractivity contribution in [3.8, 4) is 0 Å². The maximum absolute atomic E-state index is 12.1. The lowest BCUT2D eigenvalue weighted by Crippen LogP contribution is -2.58. The average molecular weight is 250 g/mol. The van der Waals surface area contributed by atoms with E-state index < -0.39 is 0 Å². The van der Waals surface area contributed by atoms with Crippen molar-refractivity contribution in [1.82, 2.24) is 0 Å². The van der Waals surface area contributed by atoms with Gasteiger partial charge in [0, 0.05) is 11.8 Å². The summed E-state index contributed by atoms with van der Waals surface area (Å²) >= 11 is 0. The standard InChI is InChI=1S/C15H22O3/c1-8-4-5-11-9(2)12(16)17-15(11)10(8)6-7-14(3)13(15)18-14/h8-11,13H,4-7H2,1-3H3/t8-,9-,10+,11?,13-,14-,15?/m1/s1. The van der Waals surface area contributed by atoms with Crippen LogP contribution < -0.4 is 0 Å². The monoisotopic (exact) mass is 250 g/mol. The zero-order valence-electron chi connectivity index (χ0n) is 11.4. The van der Waals surface area contributed by atoms with Crippen molar-refractivity contribution < 1.29 is 14.3 Å². The normalized spacial score (nSPS) is 61.5. The minimum atomic E-state index is -0.277. The van der Waals surface area contributed by atoms with E-state index in [1.54, 1.807) is 0 Å². The molecule has 0 radical (unpaired) electrons. The fourth-order valence-corrected chi connectivity index (χ4v) is 5.20. The quantitative estimate of drug-likeness (QED) is 0.490. The second kappa shape index (κ2) is 3.12. The van der Waals surface area contributed by atoms with Gasteiger partial charge in [0.25, 0.3) is 0 Å². The lowest BCUT2D eigenvalue weighted by molar-refractivity contribution is -0.168. The van der Waals surface area contributed by atoms with E-state index >= 15 is 0 Å². The summed E-state index contributed by atoms with van der Waals surface area (Å²) in [4.78, 5) is 12.1. The SMILES string of the molecule is C[C@@H]1CCC2[C@@H](C)C(=O)OC23[C@H]1CC[C@@]1(C)O[C@@H]31. The van der Waals surface area contributed by atoms with Crippen LogP contribution in [-0.2, 0) is 14.3 Å².